The lowest BCUT2D eigenvalue weighted by atomic mass is 10.1. The highest BCUT2D eigenvalue weighted by Crippen LogP contribution is 2.23. The molecule has 33 heavy (non-hydrogen) atoms. The Balaban J connectivity index is 1.73. The monoisotopic (exact) mass is 447 g/mol. The van der Waals surface area contributed by atoms with Gasteiger partial charge < -0.3 is 4.57 Å². The highest BCUT2D eigenvalue weighted by Gasteiger charge is 2.12. The van der Waals surface area contributed by atoms with Crippen molar-refractivity contribution in [3.05, 3.63) is 65.1 Å². The maximum atomic E-state index is 12.9. The van der Waals surface area contributed by atoms with Gasteiger partial charge in [-0.25, -0.2) is 4.57 Å². The van der Waals surface area contributed by atoms with Gasteiger partial charge in [0.05, 0.1) is 11.2 Å². The molecule has 0 radical (unpaired) electrons. The Morgan fingerprint density at radius 2 is 1.33 bits per heavy atom. The quantitative estimate of drug-likeness (QED) is 0.173. The number of fused-ring (bicyclic) bond motifs is 1. The second kappa shape index (κ2) is 14.0. The molecule has 0 bridgehead atoms. The molecule has 178 valence electrons. The van der Waals surface area contributed by atoms with Gasteiger partial charge in [-0.05, 0) is 25.0 Å². The SMILES string of the molecule is CCCCCCCCn1c(-c2cc[n+](CCCCCCCC)cc2)cc(=O)c2ccccc21. The molecule has 0 unspecified atom stereocenters. The molecule has 0 saturated heterocycles. The van der Waals surface area contributed by atoms with Crippen molar-refractivity contribution in [3.8, 4) is 11.3 Å². The minimum absolute atomic E-state index is 0.114. The summed E-state index contributed by atoms with van der Waals surface area (Å²) in [5.74, 6) is 0. The van der Waals surface area contributed by atoms with E-state index in [1.54, 1.807) is 0 Å². The Morgan fingerprint density at radius 1 is 0.727 bits per heavy atom. The first-order valence-corrected chi connectivity index (χ1v) is 13.4. The Kier molecular flexibility index (Phi) is 10.7. The van der Waals surface area contributed by atoms with Crippen LogP contribution in [0.5, 0.6) is 0 Å². The fourth-order valence-corrected chi connectivity index (χ4v) is 4.71. The Morgan fingerprint density at radius 3 is 2.03 bits per heavy atom. The summed E-state index contributed by atoms with van der Waals surface area (Å²) in [7, 11) is 0. The molecule has 0 aliphatic carbocycles. The van der Waals surface area contributed by atoms with Crippen LogP contribution < -0.4 is 10.00 Å². The van der Waals surface area contributed by atoms with Crippen LogP contribution in [0.2, 0.25) is 0 Å². The second-order valence-corrected chi connectivity index (χ2v) is 9.42. The Hall–Kier alpha value is -2.42. The van der Waals surface area contributed by atoms with Gasteiger partial charge in [-0.1, -0.05) is 83.8 Å². The third-order valence-corrected chi connectivity index (χ3v) is 6.71. The molecule has 0 spiro atoms. The minimum Gasteiger partial charge on any atom is -0.340 e. The van der Waals surface area contributed by atoms with Gasteiger partial charge in [0.25, 0.3) is 0 Å². The van der Waals surface area contributed by atoms with Crippen molar-refractivity contribution < 1.29 is 4.57 Å². The normalized spacial score (nSPS) is 11.3. The van der Waals surface area contributed by atoms with Crippen molar-refractivity contribution in [2.75, 3.05) is 0 Å². The van der Waals surface area contributed by atoms with Gasteiger partial charge in [0.2, 0.25) is 0 Å². The van der Waals surface area contributed by atoms with Crippen LogP contribution in [-0.4, -0.2) is 4.57 Å². The van der Waals surface area contributed by atoms with Crippen LogP contribution >= 0.6 is 0 Å². The number of unbranched alkanes of at least 4 members (excludes halogenated alkanes) is 10. The number of hydrogen-bond acceptors (Lipinski definition) is 1. The van der Waals surface area contributed by atoms with Gasteiger partial charge in [0.1, 0.15) is 6.54 Å². The van der Waals surface area contributed by atoms with E-state index in [1.165, 1.54) is 70.6 Å². The van der Waals surface area contributed by atoms with E-state index in [0.717, 1.165) is 41.7 Å². The van der Waals surface area contributed by atoms with Crippen LogP contribution in [-0.2, 0) is 13.1 Å². The second-order valence-electron chi connectivity index (χ2n) is 9.42. The van der Waals surface area contributed by atoms with Gasteiger partial charge in [0, 0.05) is 42.1 Å². The first kappa shape index (κ1) is 25.2. The zero-order valence-electron chi connectivity index (χ0n) is 20.9. The molecule has 3 aromatic rings. The predicted molar refractivity (Wildman–Crippen MR) is 141 cm³/mol. The molecule has 3 heteroatoms. The van der Waals surface area contributed by atoms with Gasteiger partial charge >= 0.3 is 0 Å². The highest BCUT2D eigenvalue weighted by atomic mass is 16.1. The van der Waals surface area contributed by atoms with E-state index in [-0.39, 0.29) is 5.43 Å². The van der Waals surface area contributed by atoms with Crippen LogP contribution in [0.4, 0.5) is 0 Å². The van der Waals surface area contributed by atoms with Gasteiger partial charge in [-0.15, -0.1) is 0 Å². The fraction of sp³-hybridized carbons (Fsp3) is 0.533. The number of rotatable bonds is 15. The zero-order valence-corrected chi connectivity index (χ0v) is 20.9. The molecule has 3 nitrogen and oxygen atoms in total. The highest BCUT2D eigenvalue weighted by molar-refractivity contribution is 5.82. The van der Waals surface area contributed by atoms with Gasteiger partial charge in [-0.3, -0.25) is 4.79 Å². The van der Waals surface area contributed by atoms with E-state index < -0.39 is 0 Å². The average molecular weight is 448 g/mol. The lowest BCUT2D eigenvalue weighted by molar-refractivity contribution is -0.697. The summed E-state index contributed by atoms with van der Waals surface area (Å²) >= 11 is 0. The predicted octanol–water partition coefficient (Wildman–Crippen LogP) is 7.68. The molecule has 0 saturated carbocycles. The number of pyridine rings is 2. The molecule has 1 aromatic carbocycles. The summed E-state index contributed by atoms with van der Waals surface area (Å²) in [6, 6.07) is 14.3. The zero-order chi connectivity index (χ0) is 23.3. The molecule has 0 aliphatic rings. The minimum atomic E-state index is 0.114. The van der Waals surface area contributed by atoms with E-state index in [4.69, 9.17) is 0 Å². The van der Waals surface area contributed by atoms with Crippen LogP contribution in [0, 0.1) is 0 Å². The first-order valence-electron chi connectivity index (χ1n) is 13.4. The van der Waals surface area contributed by atoms with Crippen molar-refractivity contribution in [2.24, 2.45) is 0 Å². The number of aryl methyl sites for hydroxylation is 2. The molecular weight excluding hydrogens is 404 g/mol. The van der Waals surface area contributed by atoms with E-state index in [2.05, 4.69) is 53.6 Å². The van der Waals surface area contributed by atoms with Gasteiger partial charge in [-0.2, -0.15) is 0 Å². The van der Waals surface area contributed by atoms with E-state index >= 15 is 0 Å². The summed E-state index contributed by atoms with van der Waals surface area (Å²) in [6.07, 6.45) is 19.9. The number of para-hydroxylation sites is 1. The number of benzene rings is 1. The lowest BCUT2D eigenvalue weighted by Crippen LogP contribution is -2.32. The molecular formula is C30H43N2O+. The molecule has 0 aliphatic heterocycles. The maximum absolute atomic E-state index is 12.9. The smallest absolute Gasteiger partial charge is 0.190 e. The van der Waals surface area contributed by atoms with Crippen LogP contribution in [0.3, 0.4) is 0 Å². The summed E-state index contributed by atoms with van der Waals surface area (Å²) in [5.41, 5.74) is 3.34. The fourth-order valence-electron chi connectivity index (χ4n) is 4.71. The van der Waals surface area contributed by atoms with Crippen LogP contribution in [0.15, 0.2) is 59.7 Å². The average Bonchev–Trinajstić information content (AvgIpc) is 2.85. The largest absolute Gasteiger partial charge is 0.340 e. The summed E-state index contributed by atoms with van der Waals surface area (Å²) in [5, 5.41) is 0.821. The number of hydrogen-bond donors (Lipinski definition) is 0. The topological polar surface area (TPSA) is 25.9 Å². The van der Waals surface area contributed by atoms with Crippen molar-refractivity contribution in [2.45, 2.75) is 104 Å². The third kappa shape index (κ3) is 7.55. The molecule has 0 N–H and O–H groups in total. The first-order chi connectivity index (χ1) is 16.2. The molecule has 3 rings (SSSR count). The van der Waals surface area contributed by atoms with Crippen molar-refractivity contribution >= 4 is 10.9 Å². The van der Waals surface area contributed by atoms with Crippen molar-refractivity contribution in [1.29, 1.82) is 0 Å². The molecule has 2 aromatic heterocycles. The van der Waals surface area contributed by atoms with Gasteiger partial charge in [0.15, 0.2) is 17.8 Å². The molecule has 0 atom stereocenters. The Labute approximate surface area is 200 Å². The number of aromatic nitrogens is 2. The number of nitrogens with zero attached hydrogens (tertiary/aromatic N) is 2. The van der Waals surface area contributed by atoms with Crippen molar-refractivity contribution in [3.63, 3.8) is 0 Å². The standard InChI is InChI=1S/C30H43N2O/c1-3-5-7-9-11-15-21-31-23-19-26(20-24-31)29-25-30(33)27-17-13-14-18-28(27)32(29)22-16-12-10-8-6-4-2/h13-14,17-20,23-25H,3-12,15-16,21-22H2,1-2H3/q+1. The van der Waals surface area contributed by atoms with E-state index in [9.17, 15) is 4.79 Å². The molecule has 2 heterocycles. The summed E-state index contributed by atoms with van der Waals surface area (Å²) in [6.45, 7) is 6.54. The third-order valence-electron chi connectivity index (χ3n) is 6.71. The van der Waals surface area contributed by atoms with Crippen molar-refractivity contribution in [1.82, 2.24) is 4.57 Å². The molecule has 0 fully saturated rings. The van der Waals surface area contributed by atoms with E-state index in [1.807, 2.05) is 24.3 Å². The van der Waals surface area contributed by atoms with Crippen LogP contribution in [0.25, 0.3) is 22.2 Å². The molecule has 0 amide bonds. The van der Waals surface area contributed by atoms with Crippen LogP contribution in [0.1, 0.15) is 90.9 Å². The van der Waals surface area contributed by atoms with E-state index in [0.29, 0.717) is 0 Å². The Bertz CT molecular complexity index is 1020. The summed E-state index contributed by atoms with van der Waals surface area (Å²) < 4.78 is 4.64. The summed E-state index contributed by atoms with van der Waals surface area (Å²) in [4.78, 5) is 12.9. The maximum Gasteiger partial charge on any atom is 0.190 e. The lowest BCUT2D eigenvalue weighted by Gasteiger charge is -2.17.